The zero-order chi connectivity index (χ0) is 29.3. The summed E-state index contributed by atoms with van der Waals surface area (Å²) in [6, 6.07) is 2.82. The molecule has 0 bridgehead atoms. The first kappa shape index (κ1) is 28.2. The van der Waals surface area contributed by atoms with Gasteiger partial charge in [-0.15, -0.1) is 23.2 Å². The Morgan fingerprint density at radius 1 is 1.07 bits per heavy atom. The van der Waals surface area contributed by atoms with Crippen LogP contribution in [0.2, 0.25) is 0 Å². The molecular formula is C27H28Cl2N2O9. The van der Waals surface area contributed by atoms with Crippen LogP contribution in [-0.4, -0.2) is 87.2 Å². The second-order valence-electron chi connectivity index (χ2n) is 10.6. The van der Waals surface area contributed by atoms with Crippen molar-refractivity contribution in [2.24, 2.45) is 17.8 Å². The van der Waals surface area contributed by atoms with E-state index in [2.05, 4.69) is 0 Å². The van der Waals surface area contributed by atoms with Gasteiger partial charge >= 0.3 is 5.97 Å². The number of allylic oxidation sites excluding steroid dienone is 2. The number of alkyl halides is 2. The molecule has 0 spiro atoms. The molecule has 1 aromatic rings. The van der Waals surface area contributed by atoms with Crippen LogP contribution in [0.15, 0.2) is 23.8 Å². The number of likely N-dealkylation sites (tertiary alicyclic amines) is 2. The molecule has 2 aliphatic heterocycles. The highest BCUT2D eigenvalue weighted by Gasteiger charge is 2.76. The van der Waals surface area contributed by atoms with Gasteiger partial charge in [0.25, 0.3) is 11.8 Å². The third-order valence-corrected chi connectivity index (χ3v) is 10.1. The number of halogens is 2. The van der Waals surface area contributed by atoms with Crippen molar-refractivity contribution in [1.82, 2.24) is 9.80 Å². The van der Waals surface area contributed by atoms with E-state index in [-0.39, 0.29) is 55.0 Å². The molecule has 13 heteroatoms. The zero-order valence-electron chi connectivity index (χ0n) is 22.0. The summed E-state index contributed by atoms with van der Waals surface area (Å²) in [6.45, 7) is -0.0544. The van der Waals surface area contributed by atoms with E-state index in [0.29, 0.717) is 5.57 Å². The lowest BCUT2D eigenvalue weighted by atomic mass is 9.56. The summed E-state index contributed by atoms with van der Waals surface area (Å²) in [5.74, 6) is -7.01. The molecule has 2 saturated heterocycles. The van der Waals surface area contributed by atoms with Gasteiger partial charge in [0.05, 0.1) is 26.1 Å². The minimum atomic E-state index is -2.08. The normalized spacial score (nSPS) is 33.0. The van der Waals surface area contributed by atoms with Crippen molar-refractivity contribution >= 4 is 52.8 Å². The van der Waals surface area contributed by atoms with E-state index in [9.17, 15) is 29.1 Å². The molecule has 0 unspecified atom stereocenters. The summed E-state index contributed by atoms with van der Waals surface area (Å²) in [7, 11) is 4.04. The van der Waals surface area contributed by atoms with Gasteiger partial charge in [-0.05, 0) is 25.2 Å². The fraction of sp³-hybridized carbons (Fsp3) is 0.519. The third-order valence-electron chi connectivity index (χ3n) is 8.72. The Morgan fingerprint density at radius 2 is 1.77 bits per heavy atom. The van der Waals surface area contributed by atoms with Crippen LogP contribution in [0.5, 0.6) is 17.2 Å². The summed E-state index contributed by atoms with van der Waals surface area (Å²) in [4.78, 5) is 63.0. The first-order chi connectivity index (χ1) is 18.8. The number of carbonyl (C=O) groups is 5. The van der Waals surface area contributed by atoms with Crippen LogP contribution >= 0.6 is 23.2 Å². The van der Waals surface area contributed by atoms with E-state index in [0.717, 1.165) is 9.80 Å². The second kappa shape index (κ2) is 9.66. The molecule has 0 aromatic heterocycles. The summed E-state index contributed by atoms with van der Waals surface area (Å²) in [5, 5.41) is 20.2. The lowest BCUT2D eigenvalue weighted by Crippen LogP contribution is -2.60. The SMILES string of the molecule is COc1cc(O)c([C@H]2C3=CC[C@@H]4C(=O)N(CCCC(=O)O)C(=O)[C@@H]4[C@@H]3C[C@@]3(Cl)C(=O)N(C)C(=O)[C@@]23Cl)c(OC)c1. The lowest BCUT2D eigenvalue weighted by molar-refractivity contribution is -0.142. The molecule has 2 N–H and O–H groups in total. The molecule has 214 valence electrons. The lowest BCUT2D eigenvalue weighted by Gasteiger charge is -2.51. The Kier molecular flexibility index (Phi) is 6.81. The molecule has 1 aromatic carbocycles. The number of amides is 4. The standard InChI is InChI=1S/C27H28Cl2N2O9/c1-30-24(37)26(28)11-15-13(6-7-14-19(15)23(36)31(22(14)35)8-4-5-18(33)34)21(27(26,29)25(30)38)20-16(32)9-12(39-2)10-17(20)40-3/h6,9-10,14-15,19,21,32H,4-5,7-8,11H2,1-3H3,(H,33,34)/t14-,15+,19-,21+,26+,27-/m0/s1. The van der Waals surface area contributed by atoms with E-state index < -0.39 is 63.0 Å². The molecule has 2 heterocycles. The number of methoxy groups -OCH3 is 2. The highest BCUT2D eigenvalue weighted by molar-refractivity contribution is 6.53. The van der Waals surface area contributed by atoms with Gasteiger partial charge in [0.15, 0.2) is 9.75 Å². The molecule has 0 radical (unpaired) electrons. The number of aromatic hydroxyl groups is 1. The van der Waals surface area contributed by atoms with Crippen LogP contribution in [0.4, 0.5) is 0 Å². The number of benzene rings is 1. The van der Waals surface area contributed by atoms with Gasteiger partial charge in [-0.3, -0.25) is 33.8 Å². The predicted molar refractivity (Wildman–Crippen MR) is 140 cm³/mol. The van der Waals surface area contributed by atoms with E-state index in [1.54, 1.807) is 6.08 Å². The summed E-state index contributed by atoms with van der Waals surface area (Å²) < 4.78 is 10.8. The van der Waals surface area contributed by atoms with Crippen LogP contribution in [0, 0.1) is 17.8 Å². The van der Waals surface area contributed by atoms with E-state index in [1.807, 2.05) is 0 Å². The topological polar surface area (TPSA) is 151 Å². The minimum Gasteiger partial charge on any atom is -0.507 e. The van der Waals surface area contributed by atoms with Crippen molar-refractivity contribution in [3.8, 4) is 17.2 Å². The van der Waals surface area contributed by atoms with Gasteiger partial charge in [0.2, 0.25) is 11.8 Å². The molecule has 11 nitrogen and oxygen atoms in total. The van der Waals surface area contributed by atoms with Gasteiger partial charge in [-0.25, -0.2) is 0 Å². The van der Waals surface area contributed by atoms with Gasteiger partial charge in [0, 0.05) is 43.6 Å². The van der Waals surface area contributed by atoms with Crippen LogP contribution in [0.3, 0.4) is 0 Å². The van der Waals surface area contributed by atoms with Gasteiger partial charge < -0.3 is 19.7 Å². The molecule has 3 fully saturated rings. The Labute approximate surface area is 239 Å². The number of aliphatic carboxylic acids is 1. The number of nitrogens with zero attached hydrogens (tertiary/aromatic N) is 2. The van der Waals surface area contributed by atoms with Gasteiger partial charge in [0.1, 0.15) is 17.2 Å². The molecule has 2 aliphatic carbocycles. The number of hydrogen-bond acceptors (Lipinski definition) is 8. The maximum atomic E-state index is 13.7. The first-order valence-electron chi connectivity index (χ1n) is 12.8. The van der Waals surface area contributed by atoms with Crippen molar-refractivity contribution in [1.29, 1.82) is 0 Å². The highest BCUT2D eigenvalue weighted by Crippen LogP contribution is 2.67. The predicted octanol–water partition coefficient (Wildman–Crippen LogP) is 2.26. The summed E-state index contributed by atoms with van der Waals surface area (Å²) in [5.41, 5.74) is 0.598. The number of imide groups is 2. The third kappa shape index (κ3) is 3.66. The Balaban J connectivity index is 1.67. The number of carboxylic acids is 1. The van der Waals surface area contributed by atoms with E-state index >= 15 is 0 Å². The first-order valence-corrected chi connectivity index (χ1v) is 13.5. The Bertz CT molecular complexity index is 1380. The summed E-state index contributed by atoms with van der Waals surface area (Å²) in [6.07, 6.45) is 1.57. The number of rotatable bonds is 7. The number of carboxylic acid groups (broad SMARTS) is 1. The number of ether oxygens (including phenoxy) is 2. The number of hydrogen-bond donors (Lipinski definition) is 2. The number of phenolic OH excluding ortho intramolecular Hbond substituents is 1. The number of fused-ring (bicyclic) bond motifs is 4. The molecule has 40 heavy (non-hydrogen) atoms. The van der Waals surface area contributed by atoms with Crippen LogP contribution < -0.4 is 9.47 Å². The Hall–Kier alpha value is -3.31. The quantitative estimate of drug-likeness (QED) is 0.275. The average molecular weight is 595 g/mol. The van der Waals surface area contributed by atoms with Crippen molar-refractivity contribution in [3.05, 3.63) is 29.3 Å². The van der Waals surface area contributed by atoms with Crippen molar-refractivity contribution < 1.29 is 43.7 Å². The molecule has 4 amide bonds. The fourth-order valence-electron chi connectivity index (χ4n) is 6.90. The maximum absolute atomic E-state index is 13.7. The van der Waals surface area contributed by atoms with Crippen LogP contribution in [0.25, 0.3) is 0 Å². The van der Waals surface area contributed by atoms with E-state index in [1.165, 1.54) is 33.4 Å². The summed E-state index contributed by atoms with van der Waals surface area (Å²) >= 11 is 14.2. The zero-order valence-corrected chi connectivity index (χ0v) is 23.5. The molecule has 4 aliphatic rings. The fourth-order valence-corrected chi connectivity index (χ4v) is 7.90. The second-order valence-corrected chi connectivity index (χ2v) is 11.8. The van der Waals surface area contributed by atoms with Crippen LogP contribution in [-0.2, 0) is 24.0 Å². The highest BCUT2D eigenvalue weighted by atomic mass is 35.5. The molecule has 6 atom stereocenters. The van der Waals surface area contributed by atoms with Crippen molar-refractivity contribution in [2.45, 2.75) is 41.3 Å². The van der Waals surface area contributed by atoms with Crippen LogP contribution in [0.1, 0.15) is 37.2 Å². The van der Waals surface area contributed by atoms with E-state index in [4.69, 9.17) is 37.8 Å². The minimum absolute atomic E-state index is 0.0544. The van der Waals surface area contributed by atoms with Gasteiger partial charge in [-0.1, -0.05) is 11.6 Å². The van der Waals surface area contributed by atoms with Crippen molar-refractivity contribution in [3.63, 3.8) is 0 Å². The van der Waals surface area contributed by atoms with Gasteiger partial charge in [-0.2, -0.15) is 0 Å². The Morgan fingerprint density at radius 3 is 2.40 bits per heavy atom. The molecule has 5 rings (SSSR count). The molecular weight excluding hydrogens is 567 g/mol. The largest absolute Gasteiger partial charge is 0.507 e. The number of carbonyl (C=O) groups excluding carboxylic acids is 4. The van der Waals surface area contributed by atoms with Crippen molar-refractivity contribution in [2.75, 3.05) is 27.8 Å². The monoisotopic (exact) mass is 594 g/mol. The average Bonchev–Trinajstić information content (AvgIpc) is 3.23. The molecule has 1 saturated carbocycles. The smallest absolute Gasteiger partial charge is 0.303 e. The maximum Gasteiger partial charge on any atom is 0.303 e. The number of phenols is 1.